The monoisotopic (exact) mass is 1410 g/mol. The molecule has 1 N–H and O–H groups in total. The van der Waals surface area contributed by atoms with Gasteiger partial charge in [0.1, 0.15) is 38.9 Å². The third-order valence-corrected chi connectivity index (χ3v) is 21.3. The van der Waals surface area contributed by atoms with Gasteiger partial charge in [-0.2, -0.15) is 18.4 Å². The van der Waals surface area contributed by atoms with Crippen LogP contribution in [0.1, 0.15) is 56.5 Å². The van der Waals surface area contributed by atoms with E-state index < -0.39 is 46.5 Å². The van der Waals surface area contributed by atoms with E-state index in [2.05, 4.69) is 73.7 Å². The molecule has 0 bridgehead atoms. The van der Waals surface area contributed by atoms with Crippen molar-refractivity contribution in [2.24, 2.45) is 11.8 Å². The van der Waals surface area contributed by atoms with Gasteiger partial charge in [0.15, 0.2) is 5.78 Å². The lowest BCUT2D eigenvalue weighted by molar-refractivity contribution is -0.124. The molecule has 23 heteroatoms. The van der Waals surface area contributed by atoms with Crippen molar-refractivity contribution < 1.29 is 40.7 Å². The highest BCUT2D eigenvalue weighted by molar-refractivity contribution is 7.92. The van der Waals surface area contributed by atoms with Crippen LogP contribution in [0.2, 0.25) is 10.0 Å². The molecule has 0 aliphatic rings. The number of Topliss-reactive ketones (excluding diaryl/α,β-unsaturated/α-hetero) is 1. The zero-order valence-corrected chi connectivity index (χ0v) is 57.8. The highest BCUT2D eigenvalue weighted by Gasteiger charge is 2.47. The number of amides is 1. The van der Waals surface area contributed by atoms with Crippen molar-refractivity contribution in [2.75, 3.05) is 25.5 Å². The van der Waals surface area contributed by atoms with Crippen LogP contribution in [0, 0.1) is 29.7 Å². The summed E-state index contributed by atoms with van der Waals surface area (Å²) in [5, 5.41) is 19.2. The molecule has 0 fully saturated rings. The number of nitrogens with one attached hydrogen (secondary N) is 1. The predicted octanol–water partition coefficient (Wildman–Crippen LogP) is 13.6. The van der Waals surface area contributed by atoms with Crippen molar-refractivity contribution in [3.05, 3.63) is 248 Å². The predicted molar refractivity (Wildman–Crippen MR) is 394 cm³/mol. The van der Waals surface area contributed by atoms with E-state index in [1.165, 1.54) is 29.6 Å². The summed E-state index contributed by atoms with van der Waals surface area (Å²) in [6.07, 6.45) is 1.50. The van der Waals surface area contributed by atoms with Crippen molar-refractivity contribution in [3.8, 4) is 40.1 Å². The summed E-state index contributed by atoms with van der Waals surface area (Å²) in [5.74, 6) is -2.93. The molecule has 0 saturated heterocycles. The fourth-order valence-corrected chi connectivity index (χ4v) is 15.6. The van der Waals surface area contributed by atoms with Crippen molar-refractivity contribution >= 4 is 145 Å². The fraction of sp³-hybridized carbons (Fsp3) is 0.184. The highest BCUT2D eigenvalue weighted by atomic mass is 35.5. The normalized spacial score (nSPS) is 12.9. The van der Waals surface area contributed by atoms with Crippen LogP contribution in [0.25, 0.3) is 69.8 Å². The minimum absolute atomic E-state index is 0.0133. The van der Waals surface area contributed by atoms with E-state index >= 15 is 0 Å². The van der Waals surface area contributed by atoms with Gasteiger partial charge in [-0.25, -0.2) is 23.2 Å². The molecule has 4 aromatic heterocycles. The number of nitrogens with zero attached hydrogens (tertiary/aromatic N) is 6. The van der Waals surface area contributed by atoms with Crippen molar-refractivity contribution in [2.45, 2.75) is 52.0 Å². The Morgan fingerprint density at radius 2 is 1.04 bits per heavy atom. The number of hydrogen-bond donors (Lipinski definition) is 1. The van der Waals surface area contributed by atoms with Gasteiger partial charge in [0.2, 0.25) is 11.6 Å². The number of halogens is 5. The van der Waals surface area contributed by atoms with Gasteiger partial charge in [-0.1, -0.05) is 180 Å². The Kier molecular flexibility index (Phi) is 21.1. The lowest BCUT2D eigenvalue weighted by Crippen LogP contribution is -2.54. The molecule has 99 heavy (non-hydrogen) atoms. The average Bonchev–Trinajstić information content (AvgIpc) is 1.52. The number of alkyl halides is 3. The number of rotatable bonds is 25. The third kappa shape index (κ3) is 14.7. The summed E-state index contributed by atoms with van der Waals surface area (Å²) in [7, 11) is -5.65. The number of ketones is 1. The first-order valence-electron chi connectivity index (χ1n) is 32.1. The topological polar surface area (TPSA) is 163 Å². The second-order valence-corrected chi connectivity index (χ2v) is 28.9. The summed E-state index contributed by atoms with van der Waals surface area (Å²) in [6.45, 7) is 14.4. The van der Waals surface area contributed by atoms with Crippen LogP contribution in [0.5, 0.6) is 11.5 Å². The lowest BCUT2D eigenvalue weighted by Gasteiger charge is -2.24. The van der Waals surface area contributed by atoms with E-state index in [1.54, 1.807) is 36.4 Å². The molecule has 13 nitrogen and oxygen atoms in total. The van der Waals surface area contributed by atoms with Gasteiger partial charge in [-0.15, -0.1) is 22.7 Å². The molecule has 0 aliphatic carbocycles. The molecule has 12 aromatic rings. The molecule has 0 saturated carbocycles. The Labute approximate surface area is 589 Å². The number of sulfone groups is 1. The first kappa shape index (κ1) is 69.2. The standard InChI is InChI=1S/C76H62B2Cl2F3N7O6S3/c1-5-86-73(92)49(3)21-19-43-96-59-38-32-51(33-39-59)70-67-66(71(60(46-84)74-87-61-44-56(79)34-40-64(61)97-74)89(70)77(52-22-10-6-11-23-52)53-24-12-7-13-25-53)69(50-30-36-58(37-31-50)95-42-18-20-48(2)63(91)47-99(93,94)76(81,82)83)90(78(54-26-14-8-15-27-54)55-28-16-9-17-29-55)72(67)68(85-4)75-88-62-45-57(80)35-41-65(62)98-75/h6-17,22-41,44-45,48-49H,5,18-21,42-43,47H2,1-3H3,(H,86,92)/b71-60-,72-68+. The molecule has 12 rings (SSSR count). The molecule has 0 radical (unpaired) electrons. The highest BCUT2D eigenvalue weighted by Crippen LogP contribution is 2.40. The number of thiazole rings is 2. The van der Waals surface area contributed by atoms with Crippen LogP contribution < -0.4 is 47.3 Å². The summed E-state index contributed by atoms with van der Waals surface area (Å²) < 4.78 is 82.5. The van der Waals surface area contributed by atoms with Crippen molar-refractivity contribution in [1.29, 1.82) is 5.26 Å². The molecule has 2 atom stereocenters. The molecule has 496 valence electrons. The van der Waals surface area contributed by atoms with E-state index in [-0.39, 0.29) is 42.5 Å². The maximum absolute atomic E-state index is 13.3. The maximum atomic E-state index is 13.3. The number of carbonyl (C=O) groups excluding carboxylic acids is 2. The van der Waals surface area contributed by atoms with Crippen LogP contribution in [0.4, 0.5) is 13.2 Å². The number of carbonyl (C=O) groups is 2. The fourth-order valence-electron chi connectivity index (χ4n) is 12.5. The van der Waals surface area contributed by atoms with Gasteiger partial charge >= 0.3 is 19.2 Å². The van der Waals surface area contributed by atoms with Gasteiger partial charge in [0, 0.05) is 55.9 Å². The Hall–Kier alpha value is -9.73. The SMILES string of the molecule is [C-]#[N+]/C(c1nc2cc(Cl)ccc2s1)=c1\c2c(-c3ccc(OCCCC(C)C(=O)NCC)cc3)n(B(c3ccccc3)c3ccccc3)/c(=C(/C#N)c3nc4cc(Cl)ccc4s3)c2c(-c2ccc(OCCCC(C)C(=O)CS(=O)(=O)C(F)(F)F)cc2)n1B(c1ccccc1)c1ccccc1. The lowest BCUT2D eigenvalue weighted by atomic mass is 9.50. The van der Waals surface area contributed by atoms with Gasteiger partial charge < -0.3 is 23.7 Å². The van der Waals surface area contributed by atoms with E-state index in [0.717, 1.165) is 31.3 Å². The molecule has 4 heterocycles. The Bertz CT molecular complexity index is 5120. The van der Waals surface area contributed by atoms with Gasteiger partial charge in [-0.3, -0.25) is 9.59 Å². The Morgan fingerprint density at radius 3 is 1.46 bits per heavy atom. The maximum Gasteiger partial charge on any atom is 0.497 e. The Balaban J connectivity index is 1.22. The number of aromatic nitrogens is 4. The Morgan fingerprint density at radius 1 is 0.626 bits per heavy atom. The zero-order chi connectivity index (χ0) is 69.5. The van der Waals surface area contributed by atoms with Crippen LogP contribution in [-0.2, 0) is 19.4 Å². The van der Waals surface area contributed by atoms with E-state index in [9.17, 15) is 43.0 Å². The van der Waals surface area contributed by atoms with E-state index in [1.807, 2.05) is 135 Å². The number of ether oxygens (including phenoxy) is 2. The van der Waals surface area contributed by atoms with Crippen molar-refractivity contribution in [1.82, 2.24) is 24.2 Å². The zero-order valence-electron chi connectivity index (χ0n) is 53.8. The van der Waals surface area contributed by atoms with Crippen LogP contribution >= 0.6 is 45.9 Å². The second kappa shape index (κ2) is 30.2. The van der Waals surface area contributed by atoms with Gasteiger partial charge in [0.25, 0.3) is 9.84 Å². The number of hydrogen-bond acceptors (Lipinski definition) is 11. The molecule has 8 aromatic carbocycles. The van der Waals surface area contributed by atoms with E-state index in [4.69, 9.17) is 42.6 Å². The smallest absolute Gasteiger partial charge is 0.494 e. The first-order chi connectivity index (χ1) is 47.9. The van der Waals surface area contributed by atoms with Gasteiger partial charge in [0.05, 0.1) is 45.6 Å². The third-order valence-electron chi connectivity index (χ3n) is 17.3. The van der Waals surface area contributed by atoms with Gasteiger partial charge in [-0.05, 0) is 129 Å². The molecular weight excluding hydrogens is 1350 g/mol. The van der Waals surface area contributed by atoms with Crippen LogP contribution in [0.3, 0.4) is 0 Å². The summed E-state index contributed by atoms with van der Waals surface area (Å²) >= 11 is 16.1. The number of nitriles is 1. The second-order valence-electron chi connectivity index (χ2n) is 23.9. The number of fused-ring (bicyclic) bond motifs is 3. The number of benzene rings is 8. The minimum Gasteiger partial charge on any atom is -0.494 e. The average molecular weight is 1420 g/mol. The van der Waals surface area contributed by atoms with Crippen molar-refractivity contribution in [3.63, 3.8) is 0 Å². The minimum atomic E-state index is -5.65. The molecule has 0 spiro atoms. The van der Waals surface area contributed by atoms with E-state index in [0.29, 0.717) is 113 Å². The van der Waals surface area contributed by atoms with Crippen LogP contribution in [0.15, 0.2) is 206 Å². The van der Waals surface area contributed by atoms with Crippen LogP contribution in [-0.4, -0.2) is 83.7 Å². The summed E-state index contributed by atoms with van der Waals surface area (Å²) in [5.41, 5.74) is 1.99. The quantitative estimate of drug-likeness (QED) is 0.0333. The molecular formula is C76H62B2Cl2F3N7O6S3. The first-order valence-corrected chi connectivity index (χ1v) is 36.1. The molecule has 1 amide bonds. The largest absolute Gasteiger partial charge is 0.497 e. The molecule has 2 unspecified atom stereocenters. The summed E-state index contributed by atoms with van der Waals surface area (Å²) in [6, 6.07) is 69.0. The summed E-state index contributed by atoms with van der Waals surface area (Å²) in [4.78, 5) is 40.6. The molecule has 0 aliphatic heterocycles.